The zero-order valence-electron chi connectivity index (χ0n) is 14.6. The Hall–Kier alpha value is -1.66. The monoisotopic (exact) mass is 333 g/mol. The number of carbonyl (C=O) groups excluding carboxylic acids is 1. The lowest BCUT2D eigenvalue weighted by molar-refractivity contribution is -0.169. The van der Waals surface area contributed by atoms with Crippen molar-refractivity contribution in [1.82, 2.24) is 10.3 Å². The number of nitrogens with one attached hydrogen (secondary N) is 1. The van der Waals surface area contributed by atoms with Crippen LogP contribution in [0.3, 0.4) is 0 Å². The Kier molecular flexibility index (Phi) is 5.36. The van der Waals surface area contributed by atoms with Crippen LogP contribution in [0.1, 0.15) is 43.6 Å². The first-order chi connectivity index (χ1) is 11.6. The number of nitrogens with zero attached hydrogens (tertiary/aromatic N) is 2. The molecule has 1 aromatic rings. The largest absolute Gasteiger partial charge is 0.371 e. The van der Waals surface area contributed by atoms with Crippen LogP contribution in [0.5, 0.6) is 0 Å². The Morgan fingerprint density at radius 2 is 2.04 bits per heavy atom. The number of pyridine rings is 1. The van der Waals surface area contributed by atoms with E-state index >= 15 is 0 Å². The molecule has 1 aromatic heterocycles. The summed E-state index contributed by atoms with van der Waals surface area (Å²) in [4.78, 5) is 18.7. The molecule has 2 fully saturated rings. The van der Waals surface area contributed by atoms with Crippen molar-refractivity contribution >= 4 is 11.6 Å². The van der Waals surface area contributed by atoms with Crippen molar-refractivity contribution in [3.05, 3.63) is 24.0 Å². The van der Waals surface area contributed by atoms with Gasteiger partial charge in [0.1, 0.15) is 5.69 Å². The summed E-state index contributed by atoms with van der Waals surface area (Å²) in [6, 6.07) is 3.83. The fraction of sp³-hybridized carbons (Fsp3) is 0.667. The third-order valence-corrected chi connectivity index (χ3v) is 4.69. The van der Waals surface area contributed by atoms with Gasteiger partial charge in [-0.1, -0.05) is 13.8 Å². The number of rotatable bonds is 5. The van der Waals surface area contributed by atoms with Gasteiger partial charge in [0.2, 0.25) is 0 Å². The minimum absolute atomic E-state index is 0.103. The molecule has 2 aliphatic rings. The molecule has 6 heteroatoms. The van der Waals surface area contributed by atoms with Crippen LogP contribution in [0.4, 0.5) is 5.69 Å². The molecule has 6 nitrogen and oxygen atoms in total. The minimum Gasteiger partial charge on any atom is -0.371 e. The highest BCUT2D eigenvalue weighted by Crippen LogP contribution is 2.33. The van der Waals surface area contributed by atoms with Crippen LogP contribution in [0, 0.1) is 5.92 Å². The van der Waals surface area contributed by atoms with E-state index in [1.54, 1.807) is 6.20 Å². The minimum atomic E-state index is -0.374. The summed E-state index contributed by atoms with van der Waals surface area (Å²) in [6.07, 6.45) is 4.38. The number of carbonyl (C=O) groups is 1. The topological polar surface area (TPSA) is 63.7 Å². The Morgan fingerprint density at radius 1 is 1.33 bits per heavy atom. The van der Waals surface area contributed by atoms with Gasteiger partial charge in [0.15, 0.2) is 5.79 Å². The average Bonchev–Trinajstić information content (AvgIpc) is 3.03. The molecule has 0 unspecified atom stereocenters. The molecule has 132 valence electrons. The van der Waals surface area contributed by atoms with E-state index in [9.17, 15) is 4.79 Å². The molecule has 3 heterocycles. The van der Waals surface area contributed by atoms with Crippen LogP contribution < -0.4 is 10.2 Å². The van der Waals surface area contributed by atoms with E-state index in [1.165, 1.54) is 0 Å². The van der Waals surface area contributed by atoms with Gasteiger partial charge in [-0.2, -0.15) is 0 Å². The lowest BCUT2D eigenvalue weighted by atomic mass is 10.0. The standard InChI is InChI=1S/C18H27N3O3/c1-14(2)3-7-20-17(22)16-13-15(4-8-19-16)21-9-5-18(6-10-21)23-11-12-24-18/h4,8,13-14H,3,5-7,9-12H2,1-2H3,(H,20,22). The van der Waals surface area contributed by atoms with Crippen LogP contribution >= 0.6 is 0 Å². The van der Waals surface area contributed by atoms with Gasteiger partial charge in [0, 0.05) is 44.4 Å². The highest BCUT2D eigenvalue weighted by Gasteiger charge is 2.39. The molecule has 1 amide bonds. The molecular weight excluding hydrogens is 306 g/mol. The van der Waals surface area contributed by atoms with E-state index in [4.69, 9.17) is 9.47 Å². The van der Waals surface area contributed by atoms with E-state index in [0.29, 0.717) is 31.4 Å². The van der Waals surface area contributed by atoms with Crippen molar-refractivity contribution in [2.24, 2.45) is 5.92 Å². The summed E-state index contributed by atoms with van der Waals surface area (Å²) in [7, 11) is 0. The Labute approximate surface area is 143 Å². The third kappa shape index (κ3) is 4.05. The number of piperidine rings is 1. The van der Waals surface area contributed by atoms with Crippen LogP contribution in [0.2, 0.25) is 0 Å². The molecule has 0 bridgehead atoms. The maximum atomic E-state index is 12.2. The number of aromatic nitrogens is 1. The summed E-state index contributed by atoms with van der Waals surface area (Å²) >= 11 is 0. The summed E-state index contributed by atoms with van der Waals surface area (Å²) in [6.45, 7) is 8.07. The van der Waals surface area contributed by atoms with Crippen LogP contribution in [-0.2, 0) is 9.47 Å². The molecule has 3 rings (SSSR count). The van der Waals surface area contributed by atoms with Crippen molar-refractivity contribution in [2.45, 2.75) is 38.9 Å². The second-order valence-electron chi connectivity index (χ2n) is 6.93. The van der Waals surface area contributed by atoms with Gasteiger partial charge < -0.3 is 19.7 Å². The predicted octanol–water partition coefficient (Wildman–Crippen LogP) is 2.20. The summed E-state index contributed by atoms with van der Waals surface area (Å²) in [5.74, 6) is 0.0966. The van der Waals surface area contributed by atoms with Crippen LogP contribution in [-0.4, -0.2) is 49.5 Å². The van der Waals surface area contributed by atoms with Crippen molar-refractivity contribution in [2.75, 3.05) is 37.7 Å². The van der Waals surface area contributed by atoms with Gasteiger partial charge in [-0.15, -0.1) is 0 Å². The Balaban J connectivity index is 1.58. The summed E-state index contributed by atoms with van der Waals surface area (Å²) in [5, 5.41) is 2.94. The number of hydrogen-bond acceptors (Lipinski definition) is 5. The van der Waals surface area contributed by atoms with Gasteiger partial charge in [-0.25, -0.2) is 0 Å². The van der Waals surface area contributed by atoms with Gasteiger partial charge in [0.05, 0.1) is 13.2 Å². The van der Waals surface area contributed by atoms with Gasteiger partial charge >= 0.3 is 0 Å². The Bertz CT molecular complexity index is 560. The molecule has 2 saturated heterocycles. The normalized spacial score (nSPS) is 19.9. The molecular formula is C18H27N3O3. The fourth-order valence-electron chi connectivity index (χ4n) is 3.20. The number of amides is 1. The average molecular weight is 333 g/mol. The zero-order valence-corrected chi connectivity index (χ0v) is 14.6. The maximum absolute atomic E-state index is 12.2. The third-order valence-electron chi connectivity index (χ3n) is 4.69. The SMILES string of the molecule is CC(C)CCNC(=O)c1cc(N2CCC3(CC2)OCCO3)ccn1. The molecule has 0 aliphatic carbocycles. The summed E-state index contributed by atoms with van der Waals surface area (Å²) < 4.78 is 11.5. The number of anilines is 1. The zero-order chi connectivity index (χ0) is 17.0. The van der Waals surface area contributed by atoms with Crippen molar-refractivity contribution in [3.8, 4) is 0 Å². The smallest absolute Gasteiger partial charge is 0.269 e. The van der Waals surface area contributed by atoms with Crippen LogP contribution in [0.25, 0.3) is 0 Å². The molecule has 2 aliphatic heterocycles. The van der Waals surface area contributed by atoms with E-state index < -0.39 is 0 Å². The highest BCUT2D eigenvalue weighted by molar-refractivity contribution is 5.93. The second kappa shape index (κ2) is 7.49. The first-order valence-corrected chi connectivity index (χ1v) is 8.85. The van der Waals surface area contributed by atoms with Crippen molar-refractivity contribution in [3.63, 3.8) is 0 Å². The first-order valence-electron chi connectivity index (χ1n) is 8.85. The quantitative estimate of drug-likeness (QED) is 0.895. The molecule has 0 radical (unpaired) electrons. The van der Waals surface area contributed by atoms with Gasteiger partial charge in [-0.3, -0.25) is 9.78 Å². The predicted molar refractivity (Wildman–Crippen MR) is 92.1 cm³/mol. The fourth-order valence-corrected chi connectivity index (χ4v) is 3.20. The summed E-state index contributed by atoms with van der Waals surface area (Å²) in [5.41, 5.74) is 1.51. The lowest BCUT2D eigenvalue weighted by Gasteiger charge is -2.38. The molecule has 0 saturated carbocycles. The number of ether oxygens (including phenoxy) is 2. The van der Waals surface area contributed by atoms with Gasteiger partial charge in [0.25, 0.3) is 5.91 Å². The van der Waals surface area contributed by atoms with E-state index in [1.807, 2.05) is 12.1 Å². The number of hydrogen-bond donors (Lipinski definition) is 1. The Morgan fingerprint density at radius 3 is 2.71 bits per heavy atom. The molecule has 1 spiro atoms. The van der Waals surface area contributed by atoms with Crippen LogP contribution in [0.15, 0.2) is 18.3 Å². The molecule has 24 heavy (non-hydrogen) atoms. The van der Waals surface area contributed by atoms with Gasteiger partial charge in [-0.05, 0) is 24.5 Å². The van der Waals surface area contributed by atoms with E-state index in [-0.39, 0.29) is 11.7 Å². The molecule has 0 aromatic carbocycles. The van der Waals surface area contributed by atoms with Crippen molar-refractivity contribution in [1.29, 1.82) is 0 Å². The van der Waals surface area contributed by atoms with E-state index in [2.05, 4.69) is 29.0 Å². The molecule has 0 atom stereocenters. The highest BCUT2D eigenvalue weighted by atomic mass is 16.7. The maximum Gasteiger partial charge on any atom is 0.269 e. The first kappa shape index (κ1) is 17.2. The molecule has 1 N–H and O–H groups in total. The lowest BCUT2D eigenvalue weighted by Crippen LogP contribution is -2.45. The second-order valence-corrected chi connectivity index (χ2v) is 6.93. The van der Waals surface area contributed by atoms with E-state index in [0.717, 1.165) is 38.0 Å². The van der Waals surface area contributed by atoms with Crippen molar-refractivity contribution < 1.29 is 14.3 Å².